The average molecular weight is 489 g/mol. The van der Waals surface area contributed by atoms with Crippen LogP contribution in [-0.2, 0) is 14.2 Å². The number of hydrogen-bond donors (Lipinski definition) is 0. The largest absolute Gasteiger partial charge is 0.381 e. The smallest absolute Gasteiger partial charge is 0.167 e. The van der Waals surface area contributed by atoms with E-state index in [1.807, 2.05) is 21.3 Å². The van der Waals surface area contributed by atoms with E-state index in [1.165, 1.54) is 44.9 Å². The van der Waals surface area contributed by atoms with Crippen molar-refractivity contribution in [2.24, 2.45) is 58.2 Å². The van der Waals surface area contributed by atoms with E-state index < -0.39 is 5.79 Å². The molecule has 0 N–H and O–H groups in total. The fourth-order valence-corrected chi connectivity index (χ4v) is 10.0. The molecule has 0 amide bonds. The lowest BCUT2D eigenvalue weighted by Gasteiger charge is -2.64. The number of methoxy groups -OCH3 is 3. The molecule has 0 aromatic rings. The van der Waals surface area contributed by atoms with Crippen LogP contribution in [0.3, 0.4) is 0 Å². The van der Waals surface area contributed by atoms with Crippen molar-refractivity contribution in [2.75, 3.05) is 21.3 Å². The van der Waals surface area contributed by atoms with Crippen molar-refractivity contribution in [3.05, 3.63) is 12.2 Å². The zero-order valence-corrected chi connectivity index (χ0v) is 24.4. The Labute approximate surface area is 217 Å². The Morgan fingerprint density at radius 2 is 1.54 bits per heavy atom. The summed E-state index contributed by atoms with van der Waals surface area (Å²) in [6, 6.07) is 0. The second-order valence-electron chi connectivity index (χ2n) is 13.8. The Bertz CT molecular complexity index is 741. The zero-order chi connectivity index (χ0) is 25.6. The molecule has 0 bridgehead atoms. The van der Waals surface area contributed by atoms with Crippen molar-refractivity contribution in [3.63, 3.8) is 0 Å². The number of ether oxygens (including phenoxy) is 3. The first-order valence-corrected chi connectivity index (χ1v) is 14.9. The minimum absolute atomic E-state index is 0.377. The first-order chi connectivity index (χ1) is 16.6. The van der Waals surface area contributed by atoms with Crippen LogP contribution in [0.4, 0.5) is 0 Å². The quantitative estimate of drug-likeness (QED) is 0.255. The Hall–Kier alpha value is -0.380. The molecule has 0 saturated heterocycles. The summed E-state index contributed by atoms with van der Waals surface area (Å²) in [5, 5.41) is 0. The van der Waals surface area contributed by atoms with Gasteiger partial charge in [-0.1, -0.05) is 53.7 Å². The lowest BCUT2D eigenvalue weighted by molar-refractivity contribution is -0.271. The molecule has 0 spiro atoms. The molecule has 3 nitrogen and oxygen atoms in total. The highest BCUT2D eigenvalue weighted by Gasteiger charge is 2.64. The van der Waals surface area contributed by atoms with E-state index in [0.717, 1.165) is 36.5 Å². The lowest BCUT2D eigenvalue weighted by Crippen LogP contribution is -2.60. The third kappa shape index (κ3) is 4.59. The van der Waals surface area contributed by atoms with Gasteiger partial charge in [-0.25, -0.2) is 0 Å². The van der Waals surface area contributed by atoms with E-state index in [4.69, 9.17) is 14.2 Å². The molecule has 4 fully saturated rings. The number of rotatable bonds is 8. The predicted molar refractivity (Wildman–Crippen MR) is 145 cm³/mol. The Morgan fingerprint density at radius 3 is 2.14 bits per heavy atom. The fraction of sp³-hybridized carbons (Fsp3) is 0.938. The fourth-order valence-electron chi connectivity index (χ4n) is 10.0. The van der Waals surface area contributed by atoms with Gasteiger partial charge in [0.2, 0.25) is 0 Å². The van der Waals surface area contributed by atoms with Gasteiger partial charge in [0.1, 0.15) is 0 Å². The van der Waals surface area contributed by atoms with Gasteiger partial charge in [0.25, 0.3) is 0 Å². The monoisotopic (exact) mass is 488 g/mol. The normalized spacial score (nSPS) is 44.6. The molecule has 4 rings (SSSR count). The highest BCUT2D eigenvalue weighted by atomic mass is 16.7. The summed E-state index contributed by atoms with van der Waals surface area (Å²) in [7, 11) is 5.64. The van der Waals surface area contributed by atoms with Gasteiger partial charge in [0, 0.05) is 34.2 Å². The maximum Gasteiger partial charge on any atom is 0.167 e. The average Bonchev–Trinajstić information content (AvgIpc) is 3.20. The van der Waals surface area contributed by atoms with Gasteiger partial charge in [-0.3, -0.25) is 0 Å². The van der Waals surface area contributed by atoms with E-state index in [2.05, 4.69) is 53.7 Å². The van der Waals surface area contributed by atoms with E-state index in [-0.39, 0.29) is 0 Å². The van der Waals surface area contributed by atoms with Crippen LogP contribution in [0.1, 0.15) is 99.3 Å². The molecule has 4 aliphatic carbocycles. The molecule has 5 unspecified atom stereocenters. The molecule has 0 aromatic carbocycles. The van der Waals surface area contributed by atoms with E-state index in [9.17, 15) is 0 Å². The summed E-state index contributed by atoms with van der Waals surface area (Å²) < 4.78 is 18.3. The topological polar surface area (TPSA) is 27.7 Å². The molecule has 3 heteroatoms. The minimum Gasteiger partial charge on any atom is -0.381 e. The van der Waals surface area contributed by atoms with Crippen LogP contribution in [0.5, 0.6) is 0 Å². The summed E-state index contributed by atoms with van der Waals surface area (Å²) in [5.41, 5.74) is 0.832. The Morgan fingerprint density at radius 1 is 0.857 bits per heavy atom. The van der Waals surface area contributed by atoms with Crippen molar-refractivity contribution in [3.8, 4) is 0 Å². The highest BCUT2D eigenvalue weighted by molar-refractivity contribution is 5.14. The summed E-state index contributed by atoms with van der Waals surface area (Å²) in [6.07, 6.45) is 16.7. The summed E-state index contributed by atoms with van der Waals surface area (Å²) in [6.45, 7) is 14.9. The second kappa shape index (κ2) is 10.4. The lowest BCUT2D eigenvalue weighted by atomic mass is 9.43. The van der Waals surface area contributed by atoms with E-state index in [1.54, 1.807) is 0 Å². The van der Waals surface area contributed by atoms with Gasteiger partial charge in [0.15, 0.2) is 5.79 Å². The van der Waals surface area contributed by atoms with Gasteiger partial charge < -0.3 is 14.2 Å². The van der Waals surface area contributed by atoms with Gasteiger partial charge in [0.05, 0.1) is 6.10 Å². The van der Waals surface area contributed by atoms with Gasteiger partial charge in [-0.05, 0) is 103 Å². The third-order valence-corrected chi connectivity index (χ3v) is 12.4. The minimum atomic E-state index is -0.398. The molecule has 0 aromatic heterocycles. The predicted octanol–water partition coefficient (Wildman–Crippen LogP) is 8.13. The maximum atomic E-state index is 6.36. The number of allylic oxidation sites excluding steroid dienone is 2. The molecular weight excluding hydrogens is 432 g/mol. The molecule has 35 heavy (non-hydrogen) atoms. The zero-order valence-electron chi connectivity index (χ0n) is 24.4. The third-order valence-electron chi connectivity index (χ3n) is 12.4. The van der Waals surface area contributed by atoms with E-state index in [0.29, 0.717) is 40.6 Å². The molecule has 4 saturated carbocycles. The van der Waals surface area contributed by atoms with Crippen molar-refractivity contribution < 1.29 is 14.2 Å². The van der Waals surface area contributed by atoms with Crippen LogP contribution in [0.2, 0.25) is 0 Å². The standard InChI is InChI=1S/C32H56O3/c1-10-23(21(2)3)12-11-22(4)25-13-14-26-29-27(15-16-31(25,26)6)30(5)17-18-32(34-8,35-9)20-24(30)19-28(29)33-7/h11-12,21-29H,10,13-20H2,1-9H3/b12-11+/t22?,23?,24-,25+,26?,27?,28+,29?,30-,31+/m0/s1. The Kier molecular flexibility index (Phi) is 8.22. The second-order valence-corrected chi connectivity index (χ2v) is 13.8. The maximum absolute atomic E-state index is 6.36. The van der Waals surface area contributed by atoms with E-state index >= 15 is 0 Å². The van der Waals surface area contributed by atoms with Crippen molar-refractivity contribution >= 4 is 0 Å². The molecule has 4 aliphatic rings. The molecule has 202 valence electrons. The van der Waals surface area contributed by atoms with Crippen molar-refractivity contribution in [1.82, 2.24) is 0 Å². The van der Waals surface area contributed by atoms with Crippen molar-refractivity contribution in [1.29, 1.82) is 0 Å². The molecular formula is C32H56O3. The van der Waals surface area contributed by atoms with Gasteiger partial charge in [-0.2, -0.15) is 0 Å². The first kappa shape index (κ1) is 27.6. The van der Waals surface area contributed by atoms with Crippen LogP contribution < -0.4 is 0 Å². The van der Waals surface area contributed by atoms with Crippen LogP contribution >= 0.6 is 0 Å². The number of fused-ring (bicyclic) bond motifs is 5. The summed E-state index contributed by atoms with van der Waals surface area (Å²) in [5.74, 6) is 5.41. The Balaban J connectivity index is 1.56. The summed E-state index contributed by atoms with van der Waals surface area (Å²) in [4.78, 5) is 0. The summed E-state index contributed by atoms with van der Waals surface area (Å²) >= 11 is 0. The van der Waals surface area contributed by atoms with Crippen LogP contribution in [0.15, 0.2) is 12.2 Å². The highest BCUT2D eigenvalue weighted by Crippen LogP contribution is 2.69. The molecule has 0 aliphatic heterocycles. The van der Waals surface area contributed by atoms with Crippen LogP contribution in [-0.4, -0.2) is 33.2 Å². The van der Waals surface area contributed by atoms with Gasteiger partial charge >= 0.3 is 0 Å². The first-order valence-electron chi connectivity index (χ1n) is 14.9. The van der Waals surface area contributed by atoms with Gasteiger partial charge in [-0.15, -0.1) is 0 Å². The molecule has 0 heterocycles. The van der Waals surface area contributed by atoms with Crippen LogP contribution in [0.25, 0.3) is 0 Å². The van der Waals surface area contributed by atoms with Crippen molar-refractivity contribution in [2.45, 2.75) is 111 Å². The molecule has 0 radical (unpaired) electrons. The molecule has 10 atom stereocenters. The number of hydrogen-bond acceptors (Lipinski definition) is 3. The van der Waals surface area contributed by atoms with Crippen LogP contribution in [0, 0.1) is 58.2 Å². The SMILES string of the molecule is CCC(/C=C/C(C)[C@H]1CCC2C3C(CC[C@@]21C)[C@@]1(C)CCC(OC)(OC)C[C@@H]1C[C@H]3OC)C(C)C.